The number of hydrogen-bond acceptors (Lipinski definition) is 7. The Bertz CT molecular complexity index is 1150. The van der Waals surface area contributed by atoms with Gasteiger partial charge in [0.1, 0.15) is 11.5 Å². The van der Waals surface area contributed by atoms with Crippen LogP contribution in [0.2, 0.25) is 0 Å². The average Bonchev–Trinajstić information content (AvgIpc) is 3.17. The van der Waals surface area contributed by atoms with E-state index in [9.17, 15) is 16.8 Å². The summed E-state index contributed by atoms with van der Waals surface area (Å²) >= 11 is 0. The standard InChI is InChI=1S/C21H26N2O7S2/c1-28-17-5-3-16(4-6-17)13-23-20-14-22(15-21(20)30-11-12-31(23,24)25)32(26,27)19-9-7-18(29-2)8-10-19/h3-10,20-21H,11-15H2,1-2H3/t20-,21+/m1/s1. The Morgan fingerprint density at radius 2 is 1.56 bits per heavy atom. The van der Waals surface area contributed by atoms with Gasteiger partial charge in [-0.2, -0.15) is 8.61 Å². The van der Waals surface area contributed by atoms with Gasteiger partial charge in [0.2, 0.25) is 20.0 Å². The molecule has 2 saturated heterocycles. The summed E-state index contributed by atoms with van der Waals surface area (Å²) in [7, 11) is -4.38. The van der Waals surface area contributed by atoms with Gasteiger partial charge in [0.25, 0.3) is 0 Å². The monoisotopic (exact) mass is 482 g/mol. The van der Waals surface area contributed by atoms with Crippen LogP contribution in [0.15, 0.2) is 53.4 Å². The fraction of sp³-hybridized carbons (Fsp3) is 0.429. The quantitative estimate of drug-likeness (QED) is 0.612. The van der Waals surface area contributed by atoms with E-state index in [-0.39, 0.29) is 36.9 Å². The molecule has 0 radical (unpaired) electrons. The molecule has 4 rings (SSSR count). The molecule has 2 aliphatic heterocycles. The van der Waals surface area contributed by atoms with Crippen LogP contribution >= 0.6 is 0 Å². The number of benzene rings is 2. The minimum atomic E-state index is -3.82. The van der Waals surface area contributed by atoms with Gasteiger partial charge in [0.05, 0.1) is 43.6 Å². The Labute approximate surface area is 188 Å². The van der Waals surface area contributed by atoms with E-state index >= 15 is 0 Å². The highest BCUT2D eigenvalue weighted by Gasteiger charge is 2.47. The van der Waals surface area contributed by atoms with Gasteiger partial charge in [-0.3, -0.25) is 0 Å². The van der Waals surface area contributed by atoms with Crippen LogP contribution in [0.3, 0.4) is 0 Å². The van der Waals surface area contributed by atoms with Crippen molar-refractivity contribution in [3.8, 4) is 11.5 Å². The summed E-state index contributed by atoms with van der Waals surface area (Å²) in [6.45, 7) is 0.272. The van der Waals surface area contributed by atoms with Crippen molar-refractivity contribution in [3.63, 3.8) is 0 Å². The first kappa shape index (κ1) is 23.0. The van der Waals surface area contributed by atoms with Gasteiger partial charge in [-0.25, -0.2) is 16.8 Å². The molecule has 174 valence electrons. The highest BCUT2D eigenvalue weighted by atomic mass is 32.2. The summed E-state index contributed by atoms with van der Waals surface area (Å²) in [6, 6.07) is 12.6. The normalized spacial score (nSPS) is 23.9. The highest BCUT2D eigenvalue weighted by molar-refractivity contribution is 7.89. The largest absolute Gasteiger partial charge is 0.497 e. The molecule has 2 heterocycles. The minimum Gasteiger partial charge on any atom is -0.497 e. The van der Waals surface area contributed by atoms with Crippen molar-refractivity contribution in [3.05, 3.63) is 54.1 Å². The first-order chi connectivity index (χ1) is 15.2. The number of sulfonamides is 2. The van der Waals surface area contributed by atoms with Crippen molar-refractivity contribution in [1.29, 1.82) is 0 Å². The molecule has 2 fully saturated rings. The van der Waals surface area contributed by atoms with Crippen molar-refractivity contribution in [2.24, 2.45) is 0 Å². The zero-order valence-electron chi connectivity index (χ0n) is 17.9. The number of rotatable bonds is 6. The lowest BCUT2D eigenvalue weighted by Crippen LogP contribution is -2.45. The third kappa shape index (κ3) is 4.48. The molecule has 0 aromatic heterocycles. The molecule has 0 bridgehead atoms. The van der Waals surface area contributed by atoms with Gasteiger partial charge >= 0.3 is 0 Å². The van der Waals surface area contributed by atoms with Crippen molar-refractivity contribution in [2.75, 3.05) is 39.7 Å². The van der Waals surface area contributed by atoms with Crippen LogP contribution in [-0.2, 0) is 31.3 Å². The molecular formula is C21H26N2O7S2. The molecule has 0 amide bonds. The number of methoxy groups -OCH3 is 2. The first-order valence-corrected chi connectivity index (χ1v) is 13.2. The van der Waals surface area contributed by atoms with E-state index in [1.165, 1.54) is 27.9 Å². The summed E-state index contributed by atoms with van der Waals surface area (Å²) in [5, 5.41) is 0. The predicted molar refractivity (Wildman–Crippen MR) is 118 cm³/mol. The Hall–Kier alpha value is -2.18. The fourth-order valence-electron chi connectivity index (χ4n) is 4.01. The summed E-state index contributed by atoms with van der Waals surface area (Å²) < 4.78 is 71.2. The fourth-order valence-corrected chi connectivity index (χ4v) is 6.98. The van der Waals surface area contributed by atoms with Crippen LogP contribution in [0.4, 0.5) is 0 Å². The average molecular weight is 483 g/mol. The van der Waals surface area contributed by atoms with Crippen LogP contribution < -0.4 is 9.47 Å². The molecule has 11 heteroatoms. The summed E-state index contributed by atoms with van der Waals surface area (Å²) in [5.41, 5.74) is 0.784. The number of hydrogen-bond donors (Lipinski definition) is 0. The Balaban J connectivity index is 1.60. The molecule has 32 heavy (non-hydrogen) atoms. The zero-order chi connectivity index (χ0) is 22.9. The molecule has 0 unspecified atom stereocenters. The number of ether oxygens (including phenoxy) is 3. The maximum absolute atomic E-state index is 13.2. The van der Waals surface area contributed by atoms with E-state index < -0.39 is 32.2 Å². The second-order valence-corrected chi connectivity index (χ2v) is 11.7. The van der Waals surface area contributed by atoms with E-state index in [0.29, 0.717) is 11.5 Å². The molecule has 9 nitrogen and oxygen atoms in total. The molecule has 2 atom stereocenters. The Morgan fingerprint density at radius 3 is 2.16 bits per heavy atom. The number of nitrogens with zero attached hydrogens (tertiary/aromatic N) is 2. The van der Waals surface area contributed by atoms with Crippen molar-refractivity contribution < 1.29 is 31.0 Å². The van der Waals surface area contributed by atoms with Gasteiger partial charge in [-0.1, -0.05) is 12.1 Å². The molecule has 0 N–H and O–H groups in total. The van der Waals surface area contributed by atoms with Crippen molar-refractivity contribution in [2.45, 2.75) is 23.6 Å². The third-order valence-electron chi connectivity index (χ3n) is 5.80. The van der Waals surface area contributed by atoms with Crippen LogP contribution in [0.25, 0.3) is 0 Å². The molecular weight excluding hydrogens is 456 g/mol. The highest BCUT2D eigenvalue weighted by Crippen LogP contribution is 2.31. The van der Waals surface area contributed by atoms with E-state index in [1.807, 2.05) is 0 Å². The topological polar surface area (TPSA) is 102 Å². The Kier molecular flexibility index (Phi) is 6.46. The molecule has 0 aliphatic carbocycles. The maximum Gasteiger partial charge on any atom is 0.243 e. The van der Waals surface area contributed by atoms with Crippen LogP contribution in [-0.4, -0.2) is 77.3 Å². The van der Waals surface area contributed by atoms with Crippen LogP contribution in [0, 0.1) is 0 Å². The maximum atomic E-state index is 13.2. The molecule has 2 aliphatic rings. The van der Waals surface area contributed by atoms with Crippen molar-refractivity contribution >= 4 is 20.0 Å². The second-order valence-electron chi connectivity index (χ2n) is 7.68. The van der Waals surface area contributed by atoms with E-state index in [0.717, 1.165) is 5.56 Å². The van der Waals surface area contributed by atoms with Gasteiger partial charge in [-0.05, 0) is 42.0 Å². The van der Waals surface area contributed by atoms with Gasteiger partial charge < -0.3 is 14.2 Å². The van der Waals surface area contributed by atoms with Crippen LogP contribution in [0.1, 0.15) is 5.56 Å². The predicted octanol–water partition coefficient (Wildman–Crippen LogP) is 1.31. The summed E-state index contributed by atoms with van der Waals surface area (Å²) in [4.78, 5) is 0.124. The van der Waals surface area contributed by atoms with E-state index in [1.54, 1.807) is 43.5 Å². The van der Waals surface area contributed by atoms with Gasteiger partial charge in [0.15, 0.2) is 0 Å². The third-order valence-corrected chi connectivity index (χ3v) is 9.44. The van der Waals surface area contributed by atoms with Gasteiger partial charge in [0, 0.05) is 19.6 Å². The molecule has 2 aromatic carbocycles. The Morgan fingerprint density at radius 1 is 0.969 bits per heavy atom. The lowest BCUT2D eigenvalue weighted by Gasteiger charge is -2.28. The lowest BCUT2D eigenvalue weighted by molar-refractivity contribution is 0.0480. The van der Waals surface area contributed by atoms with E-state index in [2.05, 4.69) is 0 Å². The minimum absolute atomic E-state index is 0.0222. The SMILES string of the molecule is COc1ccc(CN2[C@@H]3CN(S(=O)(=O)c4ccc(OC)cc4)C[C@@H]3OCCS2(=O)=O)cc1. The smallest absolute Gasteiger partial charge is 0.243 e. The van der Waals surface area contributed by atoms with Gasteiger partial charge in [-0.15, -0.1) is 0 Å². The molecule has 0 saturated carbocycles. The summed E-state index contributed by atoms with van der Waals surface area (Å²) in [5.74, 6) is 1.09. The second kappa shape index (κ2) is 8.99. The van der Waals surface area contributed by atoms with Crippen molar-refractivity contribution in [1.82, 2.24) is 8.61 Å². The summed E-state index contributed by atoms with van der Waals surface area (Å²) in [6.07, 6.45) is -0.543. The number of fused-ring (bicyclic) bond motifs is 1. The molecule has 0 spiro atoms. The van der Waals surface area contributed by atoms with Crippen LogP contribution in [0.5, 0.6) is 11.5 Å². The molecule has 2 aromatic rings. The zero-order valence-corrected chi connectivity index (χ0v) is 19.5. The lowest BCUT2D eigenvalue weighted by atomic mass is 10.1. The first-order valence-electron chi connectivity index (χ1n) is 10.1. The van der Waals surface area contributed by atoms with E-state index in [4.69, 9.17) is 14.2 Å².